The predicted octanol–water partition coefficient (Wildman–Crippen LogP) is 5.30. The van der Waals surface area contributed by atoms with E-state index in [1.165, 1.54) is 4.90 Å². The van der Waals surface area contributed by atoms with E-state index in [0.717, 1.165) is 38.9 Å². The van der Waals surface area contributed by atoms with Crippen molar-refractivity contribution in [1.82, 2.24) is 9.47 Å². The molecule has 1 fully saturated rings. The molecule has 4 nitrogen and oxygen atoms in total. The van der Waals surface area contributed by atoms with E-state index in [2.05, 4.69) is 26.6 Å². The number of benzene rings is 1. The van der Waals surface area contributed by atoms with E-state index in [9.17, 15) is 9.59 Å². The first-order chi connectivity index (χ1) is 11.8. The normalized spacial score (nSPS) is 16.6. The summed E-state index contributed by atoms with van der Waals surface area (Å²) in [6, 6.07) is 9.98. The molecule has 1 aliphatic heterocycles. The van der Waals surface area contributed by atoms with E-state index in [0.29, 0.717) is 4.91 Å². The minimum absolute atomic E-state index is 0.132. The van der Waals surface area contributed by atoms with Crippen LogP contribution in [-0.4, -0.2) is 26.7 Å². The van der Waals surface area contributed by atoms with E-state index in [4.69, 9.17) is 0 Å². The van der Waals surface area contributed by atoms with Gasteiger partial charge < -0.3 is 4.57 Å². The number of halogens is 1. The third-order valence-corrected chi connectivity index (χ3v) is 5.54. The third-order valence-electron chi connectivity index (χ3n) is 4.16. The molecule has 2 amide bonds. The van der Waals surface area contributed by atoms with Crippen LogP contribution >= 0.6 is 27.7 Å². The molecular weight excluding hydrogens is 400 g/mol. The Kier molecular flexibility index (Phi) is 4.93. The van der Waals surface area contributed by atoms with Gasteiger partial charge in [0.15, 0.2) is 0 Å². The lowest BCUT2D eigenvalue weighted by Crippen LogP contribution is -2.34. The largest absolute Gasteiger partial charge is 0.318 e. The van der Waals surface area contributed by atoms with Crippen LogP contribution in [-0.2, 0) is 4.79 Å². The molecular formula is C19H19BrN2O2S. The Labute approximate surface area is 160 Å². The Morgan fingerprint density at radius 3 is 2.48 bits per heavy atom. The number of rotatable bonds is 3. The van der Waals surface area contributed by atoms with Crippen molar-refractivity contribution < 1.29 is 9.59 Å². The summed E-state index contributed by atoms with van der Waals surface area (Å²) < 4.78 is 3.15. The number of aromatic nitrogens is 1. The molecule has 0 aliphatic carbocycles. The first kappa shape index (κ1) is 18.0. The van der Waals surface area contributed by atoms with Gasteiger partial charge in [0, 0.05) is 27.6 Å². The van der Waals surface area contributed by atoms with Crippen LogP contribution < -0.4 is 0 Å². The highest BCUT2D eigenvalue weighted by atomic mass is 79.9. The molecule has 1 aromatic heterocycles. The molecule has 1 saturated heterocycles. The fourth-order valence-electron chi connectivity index (χ4n) is 3.01. The Hall–Kier alpha value is -1.79. The Bertz CT molecular complexity index is 899. The fraction of sp³-hybridized carbons (Fsp3) is 0.263. The van der Waals surface area contributed by atoms with Crippen molar-refractivity contribution in [2.24, 2.45) is 0 Å². The second kappa shape index (κ2) is 6.84. The average Bonchev–Trinajstić information content (AvgIpc) is 2.95. The third kappa shape index (κ3) is 3.33. The SMILES string of the molecule is Cc1cc(/C=C2/SC(=O)N(C(C)C)C2=O)c(C)n1-c1cccc(Br)c1. The summed E-state index contributed by atoms with van der Waals surface area (Å²) in [6.45, 7) is 7.74. The molecule has 0 bridgehead atoms. The molecule has 1 aromatic carbocycles. The van der Waals surface area contributed by atoms with Crippen LogP contribution in [0.25, 0.3) is 11.8 Å². The Morgan fingerprint density at radius 2 is 1.88 bits per heavy atom. The van der Waals surface area contributed by atoms with E-state index >= 15 is 0 Å². The number of aryl methyl sites for hydroxylation is 1. The molecule has 0 unspecified atom stereocenters. The standard InChI is InChI=1S/C19H19BrN2O2S/c1-11(2)21-18(23)17(25-19(21)24)9-14-8-12(3)22(13(14)4)16-7-5-6-15(20)10-16/h5-11H,1-4H3/b17-9+. The first-order valence-corrected chi connectivity index (χ1v) is 9.62. The van der Waals surface area contributed by atoms with E-state index in [1.807, 2.05) is 58.0 Å². The van der Waals surface area contributed by atoms with Gasteiger partial charge in [-0.2, -0.15) is 0 Å². The van der Waals surface area contributed by atoms with E-state index in [1.54, 1.807) is 0 Å². The zero-order valence-corrected chi connectivity index (χ0v) is 16.9. The fourth-order valence-corrected chi connectivity index (χ4v) is 4.35. The molecule has 25 heavy (non-hydrogen) atoms. The highest BCUT2D eigenvalue weighted by molar-refractivity contribution is 9.10. The molecule has 0 N–H and O–H groups in total. The maximum atomic E-state index is 12.5. The van der Waals surface area contributed by atoms with Gasteiger partial charge >= 0.3 is 0 Å². The van der Waals surface area contributed by atoms with Crippen molar-refractivity contribution in [1.29, 1.82) is 0 Å². The molecule has 3 rings (SSSR count). The Balaban J connectivity index is 2.02. The van der Waals surface area contributed by atoms with Gasteiger partial charge in [-0.1, -0.05) is 22.0 Å². The van der Waals surface area contributed by atoms with E-state index < -0.39 is 0 Å². The van der Waals surface area contributed by atoms with Crippen LogP contribution in [0.3, 0.4) is 0 Å². The number of thioether (sulfide) groups is 1. The number of hydrogen-bond donors (Lipinski definition) is 0. The van der Waals surface area contributed by atoms with Gasteiger partial charge in [0.2, 0.25) is 0 Å². The molecule has 0 saturated carbocycles. The average molecular weight is 419 g/mol. The molecule has 0 spiro atoms. The molecule has 0 atom stereocenters. The topological polar surface area (TPSA) is 42.3 Å². The summed E-state index contributed by atoms with van der Waals surface area (Å²) in [7, 11) is 0. The van der Waals surface area contributed by atoms with Crippen LogP contribution in [0.5, 0.6) is 0 Å². The highest BCUT2D eigenvalue weighted by Crippen LogP contribution is 2.34. The van der Waals surface area contributed by atoms with Crippen molar-refractivity contribution in [3.8, 4) is 5.69 Å². The molecule has 2 heterocycles. The highest BCUT2D eigenvalue weighted by Gasteiger charge is 2.36. The Morgan fingerprint density at radius 1 is 1.16 bits per heavy atom. The zero-order valence-electron chi connectivity index (χ0n) is 14.5. The quantitative estimate of drug-likeness (QED) is 0.634. The molecule has 0 radical (unpaired) electrons. The summed E-state index contributed by atoms with van der Waals surface area (Å²) >= 11 is 4.51. The minimum Gasteiger partial charge on any atom is -0.318 e. The predicted molar refractivity (Wildman–Crippen MR) is 106 cm³/mol. The van der Waals surface area contributed by atoms with Crippen molar-refractivity contribution in [3.63, 3.8) is 0 Å². The molecule has 2 aromatic rings. The summed E-state index contributed by atoms with van der Waals surface area (Å²) in [5.41, 5.74) is 4.11. The number of imide groups is 1. The van der Waals surface area contributed by atoms with Crippen molar-refractivity contribution >= 4 is 44.9 Å². The molecule has 6 heteroatoms. The van der Waals surface area contributed by atoms with Crippen molar-refractivity contribution in [2.75, 3.05) is 0 Å². The van der Waals surface area contributed by atoms with Gasteiger partial charge in [-0.05, 0) is 75.4 Å². The summed E-state index contributed by atoms with van der Waals surface area (Å²) in [5.74, 6) is -0.211. The smallest absolute Gasteiger partial charge is 0.293 e. The molecule has 130 valence electrons. The maximum absolute atomic E-state index is 12.5. The van der Waals surface area contributed by atoms with Gasteiger partial charge in [0.1, 0.15) is 0 Å². The zero-order chi connectivity index (χ0) is 18.3. The van der Waals surface area contributed by atoms with Crippen LogP contribution in [0.2, 0.25) is 0 Å². The lowest BCUT2D eigenvalue weighted by atomic mass is 10.2. The van der Waals surface area contributed by atoms with Gasteiger partial charge in [-0.25, -0.2) is 0 Å². The number of carbonyl (C=O) groups is 2. The molecule has 1 aliphatic rings. The van der Waals surface area contributed by atoms with Crippen LogP contribution in [0.4, 0.5) is 4.79 Å². The second-order valence-corrected chi connectivity index (χ2v) is 8.20. The lowest BCUT2D eigenvalue weighted by molar-refractivity contribution is -0.123. The summed E-state index contributed by atoms with van der Waals surface area (Å²) in [4.78, 5) is 26.3. The van der Waals surface area contributed by atoms with Gasteiger partial charge in [-0.15, -0.1) is 0 Å². The second-order valence-electron chi connectivity index (χ2n) is 6.29. The number of nitrogens with zero attached hydrogens (tertiary/aromatic N) is 2. The maximum Gasteiger partial charge on any atom is 0.293 e. The van der Waals surface area contributed by atoms with Crippen LogP contribution in [0.1, 0.15) is 30.8 Å². The summed E-state index contributed by atoms with van der Waals surface area (Å²) in [5, 5.41) is -0.202. The minimum atomic E-state index is -0.211. The number of hydrogen-bond acceptors (Lipinski definition) is 3. The van der Waals surface area contributed by atoms with E-state index in [-0.39, 0.29) is 17.2 Å². The van der Waals surface area contributed by atoms with Gasteiger partial charge in [0.05, 0.1) is 4.91 Å². The van der Waals surface area contributed by atoms with Gasteiger partial charge in [-0.3, -0.25) is 14.5 Å². The van der Waals surface area contributed by atoms with Gasteiger partial charge in [0.25, 0.3) is 11.1 Å². The summed E-state index contributed by atoms with van der Waals surface area (Å²) in [6.07, 6.45) is 1.82. The van der Waals surface area contributed by atoms with Crippen molar-refractivity contribution in [2.45, 2.75) is 33.7 Å². The monoisotopic (exact) mass is 418 g/mol. The van der Waals surface area contributed by atoms with Crippen molar-refractivity contribution in [3.05, 3.63) is 56.7 Å². The number of carbonyl (C=O) groups excluding carboxylic acids is 2. The number of amides is 2. The van der Waals surface area contributed by atoms with Crippen LogP contribution in [0.15, 0.2) is 39.7 Å². The lowest BCUT2D eigenvalue weighted by Gasteiger charge is -2.16. The first-order valence-electron chi connectivity index (χ1n) is 8.01. The van der Waals surface area contributed by atoms with Crippen LogP contribution in [0, 0.1) is 13.8 Å².